The van der Waals surface area contributed by atoms with Gasteiger partial charge in [-0.3, -0.25) is 9.59 Å². The van der Waals surface area contributed by atoms with Crippen molar-refractivity contribution in [2.24, 2.45) is 0 Å². The van der Waals surface area contributed by atoms with E-state index >= 15 is 0 Å². The summed E-state index contributed by atoms with van der Waals surface area (Å²) < 4.78 is 31.9. The van der Waals surface area contributed by atoms with Crippen molar-refractivity contribution in [1.82, 2.24) is 14.5 Å². The molecule has 148 valence electrons. The Labute approximate surface area is 159 Å². The molecule has 9 heteroatoms. The molecule has 2 aliphatic rings. The zero-order valence-corrected chi connectivity index (χ0v) is 16.2. The molecule has 1 aromatic carbocycles. The second-order valence-electron chi connectivity index (χ2n) is 6.80. The van der Waals surface area contributed by atoms with Gasteiger partial charge in [-0.05, 0) is 37.1 Å². The van der Waals surface area contributed by atoms with Crippen LogP contribution >= 0.6 is 0 Å². The molecule has 0 spiro atoms. The molecular weight excluding hydrogens is 370 g/mol. The van der Waals surface area contributed by atoms with E-state index in [1.54, 1.807) is 17.0 Å². The summed E-state index contributed by atoms with van der Waals surface area (Å²) >= 11 is 0. The second kappa shape index (κ2) is 8.26. The van der Waals surface area contributed by atoms with Crippen LogP contribution in [-0.4, -0.2) is 68.8 Å². The number of hydrogen-bond donors (Lipinski definition) is 1. The van der Waals surface area contributed by atoms with Gasteiger partial charge in [0.05, 0.1) is 12.0 Å². The summed E-state index contributed by atoms with van der Waals surface area (Å²) in [5, 5.41) is 2.86. The monoisotopic (exact) mass is 395 g/mol. The number of amides is 2. The number of nitrogens with zero attached hydrogens (tertiary/aromatic N) is 2. The smallest absolute Gasteiger partial charge is 0.243 e. The van der Waals surface area contributed by atoms with Crippen LogP contribution in [0.4, 0.5) is 0 Å². The molecule has 2 heterocycles. The van der Waals surface area contributed by atoms with Crippen molar-refractivity contribution in [3.63, 3.8) is 0 Å². The van der Waals surface area contributed by atoms with E-state index in [0.29, 0.717) is 38.1 Å². The number of benzene rings is 1. The van der Waals surface area contributed by atoms with E-state index in [1.165, 1.54) is 23.5 Å². The predicted octanol–water partition coefficient (Wildman–Crippen LogP) is 0.587. The van der Waals surface area contributed by atoms with Gasteiger partial charge in [-0.15, -0.1) is 0 Å². The molecule has 0 aliphatic carbocycles. The van der Waals surface area contributed by atoms with Crippen LogP contribution in [0.2, 0.25) is 0 Å². The third-order valence-electron chi connectivity index (χ3n) is 5.08. The number of carbonyl (C=O) groups excluding carboxylic acids is 2. The first-order valence-electron chi connectivity index (χ1n) is 9.11. The fourth-order valence-electron chi connectivity index (χ4n) is 3.42. The van der Waals surface area contributed by atoms with Gasteiger partial charge in [-0.1, -0.05) is 0 Å². The Hall–Kier alpha value is -2.13. The van der Waals surface area contributed by atoms with Gasteiger partial charge in [0.25, 0.3) is 0 Å². The number of hydrogen-bond acceptors (Lipinski definition) is 5. The van der Waals surface area contributed by atoms with E-state index < -0.39 is 10.0 Å². The number of rotatable bonds is 6. The second-order valence-corrected chi connectivity index (χ2v) is 8.74. The maximum absolute atomic E-state index is 12.7. The van der Waals surface area contributed by atoms with Crippen LogP contribution < -0.4 is 10.1 Å². The Balaban J connectivity index is 1.51. The van der Waals surface area contributed by atoms with E-state index in [-0.39, 0.29) is 35.8 Å². The molecule has 1 aromatic rings. The van der Waals surface area contributed by atoms with Crippen LogP contribution in [-0.2, 0) is 19.6 Å². The Kier molecular flexibility index (Phi) is 6.01. The molecular formula is C18H25N3O5S. The van der Waals surface area contributed by atoms with Crippen LogP contribution in [0.1, 0.15) is 25.7 Å². The van der Waals surface area contributed by atoms with Gasteiger partial charge in [0, 0.05) is 45.1 Å². The summed E-state index contributed by atoms with van der Waals surface area (Å²) in [5.41, 5.74) is 0. The molecule has 8 nitrogen and oxygen atoms in total. The van der Waals surface area contributed by atoms with E-state index in [1.807, 2.05) is 0 Å². The van der Waals surface area contributed by atoms with Gasteiger partial charge in [0.15, 0.2) is 0 Å². The molecule has 2 fully saturated rings. The lowest BCUT2D eigenvalue weighted by Gasteiger charge is -2.34. The Bertz CT molecular complexity index is 786. The van der Waals surface area contributed by atoms with Crippen LogP contribution in [0.25, 0.3) is 0 Å². The number of piperazine rings is 1. The molecule has 0 radical (unpaired) electrons. The normalized spacial score (nSPS) is 21.1. The molecule has 2 saturated heterocycles. The maximum Gasteiger partial charge on any atom is 0.243 e. The Morgan fingerprint density at radius 3 is 2.41 bits per heavy atom. The van der Waals surface area contributed by atoms with E-state index in [2.05, 4.69) is 5.32 Å². The van der Waals surface area contributed by atoms with Crippen LogP contribution in [0.3, 0.4) is 0 Å². The van der Waals surface area contributed by atoms with Crippen molar-refractivity contribution < 1.29 is 22.7 Å². The summed E-state index contributed by atoms with van der Waals surface area (Å²) in [5.74, 6) is 0.658. The van der Waals surface area contributed by atoms with Gasteiger partial charge in [-0.25, -0.2) is 8.42 Å². The lowest BCUT2D eigenvalue weighted by Crippen LogP contribution is -2.50. The van der Waals surface area contributed by atoms with Crippen LogP contribution in [0.15, 0.2) is 29.2 Å². The van der Waals surface area contributed by atoms with Gasteiger partial charge in [-0.2, -0.15) is 4.31 Å². The van der Waals surface area contributed by atoms with Gasteiger partial charge >= 0.3 is 0 Å². The highest BCUT2D eigenvalue weighted by atomic mass is 32.2. The third-order valence-corrected chi connectivity index (χ3v) is 6.99. The SMILES string of the molecule is COc1ccc(S(=O)(=O)N2CCN(C(=O)CCC3CCC(=O)N3)CC2)cc1. The van der Waals surface area contributed by atoms with Gasteiger partial charge in [0.2, 0.25) is 21.8 Å². The highest BCUT2D eigenvalue weighted by Gasteiger charge is 2.30. The number of nitrogens with one attached hydrogen (secondary N) is 1. The summed E-state index contributed by atoms with van der Waals surface area (Å²) in [4.78, 5) is 25.5. The fraction of sp³-hybridized carbons (Fsp3) is 0.556. The van der Waals surface area contributed by atoms with E-state index in [4.69, 9.17) is 4.74 Å². The summed E-state index contributed by atoms with van der Waals surface area (Å²) in [7, 11) is -2.05. The number of ether oxygens (including phenoxy) is 1. The highest BCUT2D eigenvalue weighted by molar-refractivity contribution is 7.89. The minimum Gasteiger partial charge on any atom is -0.497 e. The molecule has 0 aromatic heterocycles. The maximum atomic E-state index is 12.7. The minimum atomic E-state index is -3.58. The van der Waals surface area contributed by atoms with Gasteiger partial charge < -0.3 is 15.0 Å². The lowest BCUT2D eigenvalue weighted by atomic mass is 10.1. The molecule has 2 amide bonds. The average molecular weight is 395 g/mol. The van der Waals surface area contributed by atoms with Crippen molar-refractivity contribution in [3.05, 3.63) is 24.3 Å². The summed E-state index contributed by atoms with van der Waals surface area (Å²) in [6.45, 7) is 1.32. The van der Waals surface area contributed by atoms with Crippen LogP contribution in [0.5, 0.6) is 5.75 Å². The largest absolute Gasteiger partial charge is 0.497 e. The Morgan fingerprint density at radius 2 is 1.85 bits per heavy atom. The first kappa shape index (κ1) is 19.6. The van der Waals surface area contributed by atoms with E-state index in [0.717, 1.165) is 6.42 Å². The molecule has 1 unspecified atom stereocenters. The first-order valence-corrected chi connectivity index (χ1v) is 10.6. The number of sulfonamides is 1. The fourth-order valence-corrected chi connectivity index (χ4v) is 4.85. The minimum absolute atomic E-state index is 0.0117. The molecule has 2 aliphatic heterocycles. The summed E-state index contributed by atoms with van der Waals surface area (Å²) in [6.07, 6.45) is 2.31. The molecule has 1 atom stereocenters. The molecule has 27 heavy (non-hydrogen) atoms. The molecule has 3 rings (SSSR count). The van der Waals surface area contributed by atoms with Crippen molar-refractivity contribution in [1.29, 1.82) is 0 Å². The average Bonchev–Trinajstić information content (AvgIpc) is 3.11. The highest BCUT2D eigenvalue weighted by Crippen LogP contribution is 2.21. The van der Waals surface area contributed by atoms with Crippen LogP contribution in [0, 0.1) is 0 Å². The molecule has 1 N–H and O–H groups in total. The number of methoxy groups -OCH3 is 1. The number of carbonyl (C=O) groups is 2. The quantitative estimate of drug-likeness (QED) is 0.760. The standard InChI is InChI=1S/C18H25N3O5S/c1-26-15-4-6-16(7-5-15)27(24,25)21-12-10-20(11-13-21)18(23)9-3-14-2-8-17(22)19-14/h4-7,14H,2-3,8-13H2,1H3,(H,19,22). The van der Waals surface area contributed by atoms with Crippen molar-refractivity contribution in [3.8, 4) is 5.75 Å². The Morgan fingerprint density at radius 1 is 1.19 bits per heavy atom. The van der Waals surface area contributed by atoms with Crippen molar-refractivity contribution >= 4 is 21.8 Å². The zero-order chi connectivity index (χ0) is 19.4. The third kappa shape index (κ3) is 4.59. The zero-order valence-electron chi connectivity index (χ0n) is 15.4. The topological polar surface area (TPSA) is 96.0 Å². The lowest BCUT2D eigenvalue weighted by molar-refractivity contribution is -0.132. The van der Waals surface area contributed by atoms with Crippen molar-refractivity contribution in [2.45, 2.75) is 36.6 Å². The van der Waals surface area contributed by atoms with Gasteiger partial charge in [0.1, 0.15) is 5.75 Å². The predicted molar refractivity (Wildman–Crippen MR) is 98.7 cm³/mol. The van der Waals surface area contributed by atoms with Crippen molar-refractivity contribution in [2.75, 3.05) is 33.3 Å². The first-order chi connectivity index (χ1) is 12.9. The summed E-state index contributed by atoms with van der Waals surface area (Å²) in [6, 6.07) is 6.38. The molecule has 0 saturated carbocycles. The molecule has 0 bridgehead atoms. The van der Waals surface area contributed by atoms with E-state index in [9.17, 15) is 18.0 Å².